The average Bonchev–Trinajstić information content (AvgIpc) is 3.10. The van der Waals surface area contributed by atoms with Gasteiger partial charge in [-0.25, -0.2) is 4.98 Å². The van der Waals surface area contributed by atoms with Crippen molar-refractivity contribution in [3.8, 4) is 11.5 Å². The SMILES string of the molecule is O=C(Cn1cnc2cc(Cl)ccc2c1=O)NCc1ccc2c(c1)OCO2. The second-order valence-corrected chi connectivity index (χ2v) is 6.24. The molecule has 132 valence electrons. The Morgan fingerprint density at radius 2 is 2.04 bits per heavy atom. The van der Waals surface area contributed by atoms with Crippen LogP contribution < -0.4 is 20.3 Å². The number of halogens is 1. The number of aromatic nitrogens is 2. The van der Waals surface area contributed by atoms with Crippen LogP contribution in [-0.4, -0.2) is 22.3 Å². The Morgan fingerprint density at radius 3 is 2.92 bits per heavy atom. The Balaban J connectivity index is 1.45. The highest BCUT2D eigenvalue weighted by molar-refractivity contribution is 6.31. The van der Waals surface area contributed by atoms with Crippen molar-refractivity contribution >= 4 is 28.4 Å². The van der Waals surface area contributed by atoms with Gasteiger partial charge >= 0.3 is 0 Å². The Labute approximate surface area is 153 Å². The summed E-state index contributed by atoms with van der Waals surface area (Å²) in [7, 11) is 0. The van der Waals surface area contributed by atoms with Crippen molar-refractivity contribution in [2.45, 2.75) is 13.1 Å². The van der Waals surface area contributed by atoms with E-state index in [4.69, 9.17) is 21.1 Å². The van der Waals surface area contributed by atoms with Crippen molar-refractivity contribution in [3.05, 3.63) is 63.7 Å². The van der Waals surface area contributed by atoms with E-state index in [1.165, 1.54) is 10.9 Å². The molecule has 26 heavy (non-hydrogen) atoms. The lowest BCUT2D eigenvalue weighted by molar-refractivity contribution is -0.121. The van der Waals surface area contributed by atoms with E-state index in [1.807, 2.05) is 12.1 Å². The fraction of sp³-hybridized carbons (Fsp3) is 0.167. The Bertz CT molecular complexity index is 1060. The van der Waals surface area contributed by atoms with Crippen molar-refractivity contribution in [1.29, 1.82) is 0 Å². The maximum atomic E-state index is 12.4. The summed E-state index contributed by atoms with van der Waals surface area (Å²) in [6, 6.07) is 10.3. The summed E-state index contributed by atoms with van der Waals surface area (Å²) in [4.78, 5) is 28.8. The summed E-state index contributed by atoms with van der Waals surface area (Å²) < 4.78 is 11.8. The van der Waals surface area contributed by atoms with Gasteiger partial charge in [0.25, 0.3) is 5.56 Å². The molecule has 3 aromatic rings. The highest BCUT2D eigenvalue weighted by Crippen LogP contribution is 2.32. The Kier molecular flexibility index (Phi) is 4.22. The summed E-state index contributed by atoms with van der Waals surface area (Å²) in [5, 5.41) is 3.70. The monoisotopic (exact) mass is 371 g/mol. The quantitative estimate of drug-likeness (QED) is 0.759. The molecule has 2 aromatic carbocycles. The van der Waals surface area contributed by atoms with Gasteiger partial charge in [-0.05, 0) is 35.9 Å². The molecule has 0 saturated heterocycles. The van der Waals surface area contributed by atoms with E-state index >= 15 is 0 Å². The first-order valence-electron chi connectivity index (χ1n) is 7.90. The fourth-order valence-corrected chi connectivity index (χ4v) is 2.87. The molecule has 2 heterocycles. The van der Waals surface area contributed by atoms with E-state index in [1.54, 1.807) is 24.3 Å². The van der Waals surface area contributed by atoms with E-state index in [0.717, 1.165) is 5.56 Å². The number of carbonyl (C=O) groups excluding carboxylic acids is 1. The molecule has 1 N–H and O–H groups in total. The summed E-state index contributed by atoms with van der Waals surface area (Å²) in [6.07, 6.45) is 1.35. The van der Waals surface area contributed by atoms with Gasteiger partial charge in [0.1, 0.15) is 6.54 Å². The zero-order valence-corrected chi connectivity index (χ0v) is 14.3. The second-order valence-electron chi connectivity index (χ2n) is 5.80. The van der Waals surface area contributed by atoms with Gasteiger partial charge in [-0.15, -0.1) is 0 Å². The van der Waals surface area contributed by atoms with E-state index in [-0.39, 0.29) is 24.8 Å². The van der Waals surface area contributed by atoms with Gasteiger partial charge in [-0.1, -0.05) is 17.7 Å². The standard InChI is InChI=1S/C18H14ClN3O4/c19-12-2-3-13-14(6-12)21-9-22(18(13)24)8-17(23)20-7-11-1-4-15-16(5-11)26-10-25-15/h1-6,9H,7-8,10H2,(H,20,23). The lowest BCUT2D eigenvalue weighted by Crippen LogP contribution is -2.32. The molecule has 0 saturated carbocycles. The zero-order chi connectivity index (χ0) is 18.1. The van der Waals surface area contributed by atoms with Crippen molar-refractivity contribution in [3.63, 3.8) is 0 Å². The average molecular weight is 372 g/mol. The lowest BCUT2D eigenvalue weighted by Gasteiger charge is -2.09. The van der Waals surface area contributed by atoms with E-state index < -0.39 is 0 Å². The van der Waals surface area contributed by atoms with Gasteiger partial charge in [0.15, 0.2) is 11.5 Å². The first-order valence-corrected chi connectivity index (χ1v) is 8.28. The molecule has 7 nitrogen and oxygen atoms in total. The molecule has 1 aromatic heterocycles. The minimum atomic E-state index is -0.292. The zero-order valence-electron chi connectivity index (χ0n) is 13.6. The minimum absolute atomic E-state index is 0.116. The molecule has 0 bridgehead atoms. The van der Waals surface area contributed by atoms with Crippen LogP contribution in [-0.2, 0) is 17.9 Å². The van der Waals surface area contributed by atoms with Crippen LogP contribution in [0, 0.1) is 0 Å². The van der Waals surface area contributed by atoms with E-state index in [9.17, 15) is 9.59 Å². The van der Waals surface area contributed by atoms with Crippen LogP contribution >= 0.6 is 11.6 Å². The molecule has 0 spiro atoms. The minimum Gasteiger partial charge on any atom is -0.454 e. The topological polar surface area (TPSA) is 82.5 Å². The van der Waals surface area contributed by atoms with Crippen LogP contribution in [0.2, 0.25) is 5.02 Å². The Hall–Kier alpha value is -3.06. The second kappa shape index (κ2) is 6.68. The van der Waals surface area contributed by atoms with Gasteiger partial charge in [0, 0.05) is 11.6 Å². The summed E-state index contributed by atoms with van der Waals surface area (Å²) in [5.41, 5.74) is 1.09. The largest absolute Gasteiger partial charge is 0.454 e. The number of rotatable bonds is 4. The molecule has 0 unspecified atom stereocenters. The number of amides is 1. The predicted octanol–water partition coefficient (Wildman–Crippen LogP) is 2.09. The molecule has 0 fully saturated rings. The lowest BCUT2D eigenvalue weighted by atomic mass is 10.2. The molecule has 0 radical (unpaired) electrons. The molecule has 4 rings (SSSR count). The van der Waals surface area contributed by atoms with Crippen LogP contribution in [0.15, 0.2) is 47.5 Å². The van der Waals surface area contributed by atoms with Crippen molar-refractivity contribution in [1.82, 2.24) is 14.9 Å². The Morgan fingerprint density at radius 1 is 1.19 bits per heavy atom. The van der Waals surface area contributed by atoms with Crippen molar-refractivity contribution < 1.29 is 14.3 Å². The highest BCUT2D eigenvalue weighted by atomic mass is 35.5. The smallest absolute Gasteiger partial charge is 0.261 e. The van der Waals surface area contributed by atoms with E-state index in [0.29, 0.717) is 34.0 Å². The third-order valence-corrected chi connectivity index (χ3v) is 4.26. The molecule has 0 atom stereocenters. The molecule has 1 aliphatic heterocycles. The number of benzene rings is 2. The van der Waals surface area contributed by atoms with Crippen LogP contribution in [0.25, 0.3) is 10.9 Å². The van der Waals surface area contributed by atoms with Crippen LogP contribution in [0.5, 0.6) is 11.5 Å². The number of nitrogens with zero attached hydrogens (tertiary/aromatic N) is 2. The maximum Gasteiger partial charge on any atom is 0.261 e. The summed E-state index contributed by atoms with van der Waals surface area (Å²) in [5.74, 6) is 1.05. The third kappa shape index (κ3) is 3.21. The van der Waals surface area contributed by atoms with E-state index in [2.05, 4.69) is 10.3 Å². The fourth-order valence-electron chi connectivity index (χ4n) is 2.71. The summed E-state index contributed by atoms with van der Waals surface area (Å²) in [6.45, 7) is 0.407. The normalized spacial score (nSPS) is 12.3. The predicted molar refractivity (Wildman–Crippen MR) is 95.4 cm³/mol. The van der Waals surface area contributed by atoms with Crippen molar-refractivity contribution in [2.75, 3.05) is 6.79 Å². The number of ether oxygens (including phenoxy) is 2. The third-order valence-electron chi connectivity index (χ3n) is 4.03. The molecular formula is C18H14ClN3O4. The maximum absolute atomic E-state index is 12.4. The molecule has 8 heteroatoms. The van der Waals surface area contributed by atoms with Crippen LogP contribution in [0.4, 0.5) is 0 Å². The number of hydrogen-bond acceptors (Lipinski definition) is 5. The van der Waals surface area contributed by atoms with Gasteiger partial charge in [-0.2, -0.15) is 0 Å². The van der Waals surface area contributed by atoms with Gasteiger partial charge in [-0.3, -0.25) is 14.2 Å². The first-order chi connectivity index (χ1) is 12.6. The van der Waals surface area contributed by atoms with Gasteiger partial charge in [0.2, 0.25) is 12.7 Å². The van der Waals surface area contributed by atoms with Crippen molar-refractivity contribution in [2.24, 2.45) is 0 Å². The highest BCUT2D eigenvalue weighted by Gasteiger charge is 2.14. The van der Waals surface area contributed by atoms with Gasteiger partial charge < -0.3 is 14.8 Å². The number of hydrogen-bond donors (Lipinski definition) is 1. The summed E-state index contributed by atoms with van der Waals surface area (Å²) >= 11 is 5.90. The van der Waals surface area contributed by atoms with Gasteiger partial charge in [0.05, 0.1) is 17.2 Å². The number of nitrogens with one attached hydrogen (secondary N) is 1. The molecular weight excluding hydrogens is 358 g/mol. The van der Waals surface area contributed by atoms with Crippen LogP contribution in [0.1, 0.15) is 5.56 Å². The number of carbonyl (C=O) groups is 1. The van der Waals surface area contributed by atoms with Crippen LogP contribution in [0.3, 0.4) is 0 Å². The molecule has 1 aliphatic rings. The number of fused-ring (bicyclic) bond motifs is 2. The first kappa shape index (κ1) is 16.4. The molecule has 0 aliphatic carbocycles. The molecule has 1 amide bonds.